The van der Waals surface area contributed by atoms with Crippen LogP contribution in [-0.2, 0) is 0 Å². The Kier molecular flexibility index (Phi) is 5.44. The van der Waals surface area contributed by atoms with E-state index in [0.717, 1.165) is 37.4 Å². The standard InChI is InChI=1S/C29H19N3O3/c1-18-10-12-21(13-11-18)32-28(33)26(17-30)25(27(31-32)29(34)35)15-14-24-22-8-4-2-6-19(22)16-20-7-3-5-9-23(20)24/h2-16H,1H3,(H,34,35)/b15-14-. The molecule has 35 heavy (non-hydrogen) atoms. The lowest BCUT2D eigenvalue weighted by molar-refractivity contribution is 0.0688. The van der Waals surface area contributed by atoms with Crippen molar-refractivity contribution in [2.24, 2.45) is 0 Å². The van der Waals surface area contributed by atoms with E-state index < -0.39 is 11.5 Å². The number of benzene rings is 4. The van der Waals surface area contributed by atoms with Crippen LogP contribution in [0.15, 0.2) is 83.7 Å². The molecule has 0 unspecified atom stereocenters. The summed E-state index contributed by atoms with van der Waals surface area (Å²) >= 11 is 0. The molecule has 168 valence electrons. The Morgan fingerprint density at radius 2 is 1.49 bits per heavy atom. The highest BCUT2D eigenvalue weighted by atomic mass is 16.4. The van der Waals surface area contributed by atoms with Gasteiger partial charge in [0.15, 0.2) is 5.69 Å². The van der Waals surface area contributed by atoms with E-state index in [9.17, 15) is 20.0 Å². The Hall–Kier alpha value is -5.02. The Morgan fingerprint density at radius 3 is 2.06 bits per heavy atom. The Morgan fingerprint density at radius 1 is 0.914 bits per heavy atom. The number of hydrogen-bond acceptors (Lipinski definition) is 4. The molecule has 1 heterocycles. The van der Waals surface area contributed by atoms with Gasteiger partial charge in [-0.2, -0.15) is 15.0 Å². The number of carboxylic acid groups (broad SMARTS) is 1. The molecule has 4 aromatic carbocycles. The predicted molar refractivity (Wildman–Crippen MR) is 137 cm³/mol. The molecule has 1 aromatic heterocycles. The number of carbonyl (C=O) groups is 1. The summed E-state index contributed by atoms with van der Waals surface area (Å²) in [4.78, 5) is 25.3. The van der Waals surface area contributed by atoms with E-state index >= 15 is 0 Å². The van der Waals surface area contributed by atoms with Crippen molar-refractivity contribution in [2.75, 3.05) is 0 Å². The third-order valence-corrected chi connectivity index (χ3v) is 5.95. The van der Waals surface area contributed by atoms with E-state index in [2.05, 4.69) is 11.2 Å². The minimum atomic E-state index is -1.33. The van der Waals surface area contributed by atoms with Crippen molar-refractivity contribution >= 4 is 39.7 Å². The van der Waals surface area contributed by atoms with Gasteiger partial charge in [-0.05, 0) is 52.2 Å². The molecule has 0 fully saturated rings. The van der Waals surface area contributed by atoms with E-state index in [1.165, 1.54) is 6.08 Å². The molecule has 0 bridgehead atoms. The average Bonchev–Trinajstić information content (AvgIpc) is 2.87. The summed E-state index contributed by atoms with van der Waals surface area (Å²) in [5.74, 6) is -1.33. The van der Waals surface area contributed by atoms with E-state index in [-0.39, 0.29) is 16.8 Å². The molecule has 6 heteroatoms. The van der Waals surface area contributed by atoms with Crippen LogP contribution in [0.3, 0.4) is 0 Å². The summed E-state index contributed by atoms with van der Waals surface area (Å²) in [5, 5.41) is 27.9. The predicted octanol–water partition coefficient (Wildman–Crippen LogP) is 5.59. The van der Waals surface area contributed by atoms with Crippen LogP contribution in [0.2, 0.25) is 0 Å². The van der Waals surface area contributed by atoms with Crippen LogP contribution in [0.4, 0.5) is 0 Å². The first-order valence-corrected chi connectivity index (χ1v) is 10.9. The Bertz CT molecular complexity index is 1700. The molecular weight excluding hydrogens is 438 g/mol. The van der Waals surface area contributed by atoms with Gasteiger partial charge in [-0.25, -0.2) is 4.79 Å². The molecule has 0 spiro atoms. The number of rotatable bonds is 4. The third kappa shape index (κ3) is 3.85. The van der Waals surface area contributed by atoms with Gasteiger partial charge in [-0.3, -0.25) is 4.79 Å². The van der Waals surface area contributed by atoms with Crippen LogP contribution in [-0.4, -0.2) is 20.9 Å². The topological polar surface area (TPSA) is 96.0 Å². The van der Waals surface area contributed by atoms with Crippen molar-refractivity contribution in [1.82, 2.24) is 9.78 Å². The smallest absolute Gasteiger partial charge is 0.357 e. The second-order valence-corrected chi connectivity index (χ2v) is 8.17. The fourth-order valence-electron chi connectivity index (χ4n) is 4.22. The van der Waals surface area contributed by atoms with Gasteiger partial charge in [-0.15, -0.1) is 0 Å². The van der Waals surface area contributed by atoms with Gasteiger partial charge in [0.05, 0.1) is 5.69 Å². The summed E-state index contributed by atoms with van der Waals surface area (Å²) < 4.78 is 0.964. The zero-order valence-electron chi connectivity index (χ0n) is 18.8. The highest BCUT2D eigenvalue weighted by molar-refractivity contribution is 6.08. The lowest BCUT2D eigenvalue weighted by Crippen LogP contribution is -2.28. The third-order valence-electron chi connectivity index (χ3n) is 5.95. The molecule has 5 rings (SSSR count). The van der Waals surface area contributed by atoms with Gasteiger partial charge in [0.1, 0.15) is 11.6 Å². The number of aryl methyl sites for hydroxylation is 1. The molecule has 0 aliphatic rings. The monoisotopic (exact) mass is 457 g/mol. The van der Waals surface area contributed by atoms with Gasteiger partial charge >= 0.3 is 5.97 Å². The SMILES string of the molecule is Cc1ccc(-n2nc(C(=O)O)c(/C=C\c3c4ccccc4cc4ccccc34)c(C#N)c2=O)cc1. The number of aromatic carboxylic acids is 1. The van der Waals surface area contributed by atoms with Crippen LogP contribution in [0.5, 0.6) is 0 Å². The molecule has 0 aliphatic heterocycles. The van der Waals surface area contributed by atoms with Crippen molar-refractivity contribution in [3.8, 4) is 11.8 Å². The minimum absolute atomic E-state index is 0.0228. The van der Waals surface area contributed by atoms with E-state index in [1.807, 2.05) is 61.5 Å². The first kappa shape index (κ1) is 21.8. The number of hydrogen-bond donors (Lipinski definition) is 1. The molecule has 0 saturated carbocycles. The van der Waals surface area contributed by atoms with E-state index in [4.69, 9.17) is 0 Å². The maximum atomic E-state index is 13.2. The molecule has 0 aliphatic carbocycles. The summed E-state index contributed by atoms with van der Waals surface area (Å²) in [6.07, 6.45) is 3.26. The van der Waals surface area contributed by atoms with Crippen molar-refractivity contribution in [2.45, 2.75) is 6.92 Å². The summed E-state index contributed by atoms with van der Waals surface area (Å²) in [5.41, 5.74) is 0.870. The maximum absolute atomic E-state index is 13.2. The van der Waals surface area contributed by atoms with Crippen LogP contribution >= 0.6 is 0 Å². The molecule has 6 nitrogen and oxygen atoms in total. The quantitative estimate of drug-likeness (QED) is 0.355. The first-order valence-electron chi connectivity index (χ1n) is 10.9. The Labute approximate surface area is 200 Å². The molecular formula is C29H19N3O3. The molecule has 0 saturated heterocycles. The normalized spacial score (nSPS) is 11.2. The van der Waals surface area contributed by atoms with Crippen LogP contribution in [0.25, 0.3) is 39.4 Å². The lowest BCUT2D eigenvalue weighted by atomic mass is 9.95. The van der Waals surface area contributed by atoms with Crippen molar-refractivity contribution < 1.29 is 9.90 Å². The van der Waals surface area contributed by atoms with Crippen LogP contribution in [0, 0.1) is 18.3 Å². The largest absolute Gasteiger partial charge is 0.476 e. The summed E-state index contributed by atoms with van der Waals surface area (Å²) in [6, 6.07) is 26.6. The second kappa shape index (κ2) is 8.73. The van der Waals surface area contributed by atoms with Crippen molar-refractivity contribution in [1.29, 1.82) is 5.26 Å². The van der Waals surface area contributed by atoms with E-state index in [1.54, 1.807) is 30.3 Å². The number of aromatic nitrogens is 2. The average molecular weight is 457 g/mol. The van der Waals surface area contributed by atoms with Gasteiger partial charge < -0.3 is 5.11 Å². The van der Waals surface area contributed by atoms with Crippen LogP contribution < -0.4 is 5.56 Å². The van der Waals surface area contributed by atoms with Gasteiger partial charge in [0, 0.05) is 5.56 Å². The Balaban J connectivity index is 1.76. The highest BCUT2D eigenvalue weighted by Gasteiger charge is 2.21. The zero-order valence-corrected chi connectivity index (χ0v) is 18.8. The fraction of sp³-hybridized carbons (Fsp3) is 0.0345. The van der Waals surface area contributed by atoms with Gasteiger partial charge in [0.2, 0.25) is 0 Å². The van der Waals surface area contributed by atoms with Gasteiger partial charge in [0.25, 0.3) is 5.56 Å². The summed E-state index contributed by atoms with van der Waals surface area (Å²) in [6.45, 7) is 1.90. The maximum Gasteiger partial charge on any atom is 0.357 e. The lowest BCUT2D eigenvalue weighted by Gasteiger charge is -2.11. The van der Waals surface area contributed by atoms with Gasteiger partial charge in [-0.1, -0.05) is 78.4 Å². The molecule has 0 amide bonds. The van der Waals surface area contributed by atoms with E-state index in [0.29, 0.717) is 5.69 Å². The molecule has 0 atom stereocenters. The number of nitrogens with zero attached hydrogens (tertiary/aromatic N) is 3. The molecule has 0 radical (unpaired) electrons. The fourth-order valence-corrected chi connectivity index (χ4v) is 4.22. The van der Waals surface area contributed by atoms with Crippen molar-refractivity contribution in [3.05, 3.63) is 117 Å². The van der Waals surface area contributed by atoms with Crippen LogP contribution in [0.1, 0.15) is 32.7 Å². The first-order chi connectivity index (χ1) is 17.0. The highest BCUT2D eigenvalue weighted by Crippen LogP contribution is 2.30. The van der Waals surface area contributed by atoms with Crippen molar-refractivity contribution in [3.63, 3.8) is 0 Å². The second-order valence-electron chi connectivity index (χ2n) is 8.17. The number of fused-ring (bicyclic) bond motifs is 2. The minimum Gasteiger partial charge on any atom is -0.476 e. The molecule has 5 aromatic rings. The molecule has 1 N–H and O–H groups in total. The number of carboxylic acids is 1. The zero-order chi connectivity index (χ0) is 24.5. The summed E-state index contributed by atoms with van der Waals surface area (Å²) in [7, 11) is 0. The number of nitriles is 1.